The van der Waals surface area contributed by atoms with E-state index in [0.29, 0.717) is 6.47 Å². The van der Waals surface area contributed by atoms with E-state index in [4.69, 9.17) is 28.4 Å². The molecule has 0 aromatic heterocycles. The first-order valence-electron chi connectivity index (χ1n) is 12.4. The first-order chi connectivity index (χ1) is 18.0. The highest BCUT2D eigenvalue weighted by Crippen LogP contribution is 2.43. The van der Waals surface area contributed by atoms with Gasteiger partial charge in [0.25, 0.3) is 6.47 Å². The second kappa shape index (κ2) is 10.7. The molecule has 37 heavy (non-hydrogen) atoms. The molecule has 0 aliphatic carbocycles. The second-order valence-electron chi connectivity index (χ2n) is 9.63. The summed E-state index contributed by atoms with van der Waals surface area (Å²) in [5, 5.41) is 0. The summed E-state index contributed by atoms with van der Waals surface area (Å²) in [6, 6.07) is 30.0. The molecule has 7 heteroatoms. The minimum Gasteiger partial charge on any atom is -0.459 e. The van der Waals surface area contributed by atoms with Crippen LogP contribution in [0.3, 0.4) is 0 Å². The molecular weight excluding hydrogens is 472 g/mol. The number of ether oxygens (including phenoxy) is 6. The molecule has 0 amide bonds. The van der Waals surface area contributed by atoms with Gasteiger partial charge < -0.3 is 28.4 Å². The van der Waals surface area contributed by atoms with Crippen molar-refractivity contribution in [1.29, 1.82) is 0 Å². The van der Waals surface area contributed by atoms with Crippen LogP contribution in [0.1, 0.15) is 30.5 Å². The predicted octanol–water partition coefficient (Wildman–Crippen LogP) is 4.43. The monoisotopic (exact) mass is 504 g/mol. The molecular formula is C30H32O7. The zero-order valence-corrected chi connectivity index (χ0v) is 21.2. The van der Waals surface area contributed by atoms with Gasteiger partial charge in [0.15, 0.2) is 18.2 Å². The average Bonchev–Trinajstić information content (AvgIpc) is 3.41. The van der Waals surface area contributed by atoms with Crippen LogP contribution in [0.4, 0.5) is 0 Å². The number of carbonyl (C=O) groups is 1. The Morgan fingerprint density at radius 3 is 1.84 bits per heavy atom. The lowest BCUT2D eigenvalue weighted by Crippen LogP contribution is -2.46. The van der Waals surface area contributed by atoms with Crippen LogP contribution < -0.4 is 0 Å². The van der Waals surface area contributed by atoms with Crippen molar-refractivity contribution in [1.82, 2.24) is 0 Å². The molecule has 3 aromatic rings. The average molecular weight is 505 g/mol. The first kappa shape index (κ1) is 25.6. The summed E-state index contributed by atoms with van der Waals surface area (Å²) in [4.78, 5) is 11.6. The number of benzene rings is 3. The molecule has 0 bridgehead atoms. The Bertz CT molecular complexity index is 1060. The summed E-state index contributed by atoms with van der Waals surface area (Å²) >= 11 is 0. The zero-order chi connectivity index (χ0) is 25.9. The third-order valence-corrected chi connectivity index (χ3v) is 6.90. The molecule has 2 aliphatic rings. The van der Waals surface area contributed by atoms with Crippen LogP contribution in [-0.2, 0) is 38.8 Å². The van der Waals surface area contributed by atoms with E-state index in [9.17, 15) is 4.79 Å². The molecule has 5 rings (SSSR count). The zero-order valence-electron chi connectivity index (χ0n) is 21.2. The smallest absolute Gasteiger partial charge is 0.293 e. The van der Waals surface area contributed by atoms with Crippen LogP contribution in [-0.4, -0.2) is 56.7 Å². The Balaban J connectivity index is 1.52. The third-order valence-electron chi connectivity index (χ3n) is 6.90. The molecule has 0 radical (unpaired) electrons. The van der Waals surface area contributed by atoms with Crippen molar-refractivity contribution in [2.75, 3.05) is 13.7 Å². The Kier molecular flexibility index (Phi) is 7.42. The molecule has 2 heterocycles. The van der Waals surface area contributed by atoms with Gasteiger partial charge in [-0.25, -0.2) is 0 Å². The molecule has 5 atom stereocenters. The van der Waals surface area contributed by atoms with Crippen molar-refractivity contribution in [3.8, 4) is 0 Å². The molecule has 3 aromatic carbocycles. The summed E-state index contributed by atoms with van der Waals surface area (Å²) in [6.45, 7) is 4.10. The van der Waals surface area contributed by atoms with Crippen LogP contribution in [0.2, 0.25) is 0 Å². The summed E-state index contributed by atoms with van der Waals surface area (Å²) in [5.41, 5.74) is 1.86. The van der Waals surface area contributed by atoms with Gasteiger partial charge in [0.05, 0.1) is 6.61 Å². The topological polar surface area (TPSA) is 72.5 Å². The highest BCUT2D eigenvalue weighted by molar-refractivity contribution is 5.47. The Morgan fingerprint density at radius 2 is 1.38 bits per heavy atom. The van der Waals surface area contributed by atoms with Gasteiger partial charge in [-0.15, -0.1) is 0 Å². The van der Waals surface area contributed by atoms with Crippen molar-refractivity contribution in [2.24, 2.45) is 0 Å². The molecule has 0 spiro atoms. The molecule has 0 saturated carbocycles. The third kappa shape index (κ3) is 4.93. The fraction of sp³-hybridized carbons (Fsp3) is 0.367. The van der Waals surface area contributed by atoms with Gasteiger partial charge in [0, 0.05) is 7.11 Å². The highest BCUT2D eigenvalue weighted by atomic mass is 16.8. The number of rotatable bonds is 10. The lowest BCUT2D eigenvalue weighted by Gasteiger charge is -2.38. The Morgan fingerprint density at radius 1 is 0.865 bits per heavy atom. The minimum atomic E-state index is -0.972. The maximum absolute atomic E-state index is 11.6. The number of hydrogen-bond acceptors (Lipinski definition) is 7. The van der Waals surface area contributed by atoms with Crippen LogP contribution in [0.5, 0.6) is 0 Å². The summed E-state index contributed by atoms with van der Waals surface area (Å²) in [7, 11) is 1.58. The van der Waals surface area contributed by atoms with E-state index in [1.54, 1.807) is 7.11 Å². The van der Waals surface area contributed by atoms with Gasteiger partial charge >= 0.3 is 0 Å². The lowest BCUT2D eigenvalue weighted by atomic mass is 9.80. The molecule has 2 aliphatic heterocycles. The fourth-order valence-corrected chi connectivity index (χ4v) is 5.33. The van der Waals surface area contributed by atoms with Crippen molar-refractivity contribution in [3.05, 3.63) is 108 Å². The van der Waals surface area contributed by atoms with E-state index in [-0.39, 0.29) is 6.61 Å². The molecule has 2 saturated heterocycles. The van der Waals surface area contributed by atoms with Crippen LogP contribution in [0.15, 0.2) is 91.0 Å². The fourth-order valence-electron chi connectivity index (χ4n) is 5.33. The molecule has 0 N–H and O–H groups in total. The predicted molar refractivity (Wildman–Crippen MR) is 136 cm³/mol. The maximum Gasteiger partial charge on any atom is 0.293 e. The van der Waals surface area contributed by atoms with E-state index in [2.05, 4.69) is 0 Å². The van der Waals surface area contributed by atoms with Crippen molar-refractivity contribution in [3.63, 3.8) is 0 Å². The molecule has 2 fully saturated rings. The first-order valence-corrected chi connectivity index (χ1v) is 12.4. The largest absolute Gasteiger partial charge is 0.459 e. The van der Waals surface area contributed by atoms with E-state index in [1.165, 1.54) is 0 Å². The molecule has 0 unspecified atom stereocenters. The van der Waals surface area contributed by atoms with Gasteiger partial charge in [-0.3, -0.25) is 4.79 Å². The van der Waals surface area contributed by atoms with Gasteiger partial charge in [-0.1, -0.05) is 91.0 Å². The van der Waals surface area contributed by atoms with Gasteiger partial charge in [-0.2, -0.15) is 0 Å². The SMILES string of the molecule is CO[C@@H]1[C@H]2OC(C)(C)O[C@H]2O[C@@H]1[C@@H](COC(c1ccccc1)(c1ccccc1)c1ccccc1)OC=O. The lowest BCUT2D eigenvalue weighted by molar-refractivity contribution is -0.233. The highest BCUT2D eigenvalue weighted by Gasteiger charge is 2.57. The number of methoxy groups -OCH3 is 1. The summed E-state index contributed by atoms with van der Waals surface area (Å²) in [5.74, 6) is -0.794. The Labute approximate surface area is 217 Å². The normalized spacial score (nSPS) is 25.4. The summed E-state index contributed by atoms with van der Waals surface area (Å²) in [6.07, 6.45) is -3.03. The van der Waals surface area contributed by atoms with Gasteiger partial charge in [-0.05, 0) is 30.5 Å². The quantitative estimate of drug-likeness (QED) is 0.299. The van der Waals surface area contributed by atoms with Gasteiger partial charge in [0.2, 0.25) is 0 Å². The molecule has 7 nitrogen and oxygen atoms in total. The van der Waals surface area contributed by atoms with Crippen molar-refractivity contribution in [2.45, 2.75) is 55.9 Å². The Hall–Kier alpha value is -3.07. The minimum absolute atomic E-state index is 0.0325. The maximum atomic E-state index is 11.6. The number of carbonyl (C=O) groups excluding carboxylic acids is 1. The van der Waals surface area contributed by atoms with E-state index in [1.807, 2.05) is 105 Å². The van der Waals surface area contributed by atoms with Crippen molar-refractivity contribution < 1.29 is 33.2 Å². The standard InChI is InChI=1S/C30H32O7/c1-29(2)36-27-26(32-3)25(35-28(27)37-29)24(33-20-31)19-34-30(21-13-7-4-8-14-21,22-15-9-5-10-16-22)23-17-11-6-12-18-23/h4-18,20,24-28H,19H2,1-3H3/t24-,25-,26+,27-,28-/m1/s1. The second-order valence-corrected chi connectivity index (χ2v) is 9.63. The van der Waals surface area contributed by atoms with E-state index >= 15 is 0 Å². The number of hydrogen-bond donors (Lipinski definition) is 0. The number of fused-ring (bicyclic) bond motifs is 1. The van der Waals surface area contributed by atoms with Crippen LogP contribution in [0.25, 0.3) is 0 Å². The van der Waals surface area contributed by atoms with E-state index < -0.39 is 42.1 Å². The van der Waals surface area contributed by atoms with E-state index in [0.717, 1.165) is 16.7 Å². The van der Waals surface area contributed by atoms with Crippen LogP contribution in [0, 0.1) is 0 Å². The van der Waals surface area contributed by atoms with Crippen molar-refractivity contribution >= 4 is 6.47 Å². The molecule has 194 valence electrons. The summed E-state index contributed by atoms with van der Waals surface area (Å²) < 4.78 is 36.3. The van der Waals surface area contributed by atoms with Gasteiger partial charge in [0.1, 0.15) is 23.9 Å². The van der Waals surface area contributed by atoms with Crippen LogP contribution >= 0.6 is 0 Å².